The Bertz CT molecular complexity index is 392. The second-order valence-electron chi connectivity index (χ2n) is 4.08. The van der Waals surface area contributed by atoms with Gasteiger partial charge in [-0.25, -0.2) is 0 Å². The van der Waals surface area contributed by atoms with Gasteiger partial charge < -0.3 is 5.11 Å². The van der Waals surface area contributed by atoms with Crippen LogP contribution in [-0.4, -0.2) is 11.1 Å². The predicted molar refractivity (Wildman–Crippen MR) is 67.3 cm³/mol. The summed E-state index contributed by atoms with van der Waals surface area (Å²) in [5, 5.41) is 13.1. The lowest BCUT2D eigenvalue weighted by atomic mass is 10.0. The van der Waals surface area contributed by atoms with Gasteiger partial charge in [-0.15, -0.1) is 6.42 Å². The van der Waals surface area contributed by atoms with E-state index in [-0.39, 0.29) is 12.1 Å². The number of phenols is 1. The summed E-state index contributed by atoms with van der Waals surface area (Å²) in [6.07, 6.45) is 6.28. The zero-order valence-corrected chi connectivity index (χ0v) is 10.1. The first kappa shape index (κ1) is 12.6. The lowest BCUT2D eigenvalue weighted by molar-refractivity contribution is 0.443. The quantitative estimate of drug-likeness (QED) is 0.760. The molecular formula is C14H19NO. The third-order valence-electron chi connectivity index (χ3n) is 2.71. The maximum Gasteiger partial charge on any atom is 0.120 e. The van der Waals surface area contributed by atoms with Crippen LogP contribution in [0.5, 0.6) is 5.75 Å². The highest BCUT2D eigenvalue weighted by molar-refractivity contribution is 5.37. The molecule has 2 nitrogen and oxygen atoms in total. The Labute approximate surface area is 97.7 Å². The van der Waals surface area contributed by atoms with Crippen LogP contribution in [-0.2, 0) is 0 Å². The Morgan fingerprint density at radius 1 is 1.50 bits per heavy atom. The van der Waals surface area contributed by atoms with Gasteiger partial charge in [-0.3, -0.25) is 5.32 Å². The van der Waals surface area contributed by atoms with Crippen LogP contribution in [0.1, 0.15) is 37.4 Å². The van der Waals surface area contributed by atoms with Crippen LogP contribution in [0, 0.1) is 19.3 Å². The molecule has 2 N–H and O–H groups in total. The van der Waals surface area contributed by atoms with Crippen molar-refractivity contribution in [2.24, 2.45) is 0 Å². The maximum atomic E-state index is 9.77. The lowest BCUT2D eigenvalue weighted by Gasteiger charge is -2.19. The molecule has 1 aromatic carbocycles. The molecule has 0 aliphatic rings. The molecule has 0 aliphatic heterocycles. The molecule has 1 rings (SSSR count). The van der Waals surface area contributed by atoms with E-state index < -0.39 is 0 Å². The third kappa shape index (κ3) is 3.01. The van der Waals surface area contributed by atoms with Crippen molar-refractivity contribution >= 4 is 0 Å². The molecule has 1 aromatic rings. The number of benzene rings is 1. The zero-order valence-electron chi connectivity index (χ0n) is 10.1. The largest absolute Gasteiger partial charge is 0.508 e. The van der Waals surface area contributed by atoms with Crippen LogP contribution in [0.25, 0.3) is 0 Å². The minimum Gasteiger partial charge on any atom is -0.508 e. The van der Waals surface area contributed by atoms with Gasteiger partial charge in [0.05, 0.1) is 6.04 Å². The fourth-order valence-electron chi connectivity index (χ4n) is 1.70. The average Bonchev–Trinajstić information content (AvgIpc) is 2.28. The summed E-state index contributed by atoms with van der Waals surface area (Å²) in [5.41, 5.74) is 2.03. The van der Waals surface area contributed by atoms with Crippen molar-refractivity contribution in [2.45, 2.75) is 39.3 Å². The van der Waals surface area contributed by atoms with E-state index >= 15 is 0 Å². The number of hydrogen-bond donors (Lipinski definition) is 2. The Hall–Kier alpha value is -1.46. The van der Waals surface area contributed by atoms with E-state index in [1.54, 1.807) is 6.07 Å². The van der Waals surface area contributed by atoms with E-state index in [1.807, 2.05) is 32.9 Å². The fraction of sp³-hybridized carbons (Fsp3) is 0.429. The van der Waals surface area contributed by atoms with Gasteiger partial charge >= 0.3 is 0 Å². The minimum absolute atomic E-state index is 0.0508. The molecule has 0 aromatic heterocycles. The highest BCUT2D eigenvalue weighted by Crippen LogP contribution is 2.25. The van der Waals surface area contributed by atoms with Gasteiger partial charge in [-0.2, -0.15) is 0 Å². The number of rotatable bonds is 4. The van der Waals surface area contributed by atoms with Gasteiger partial charge in [0.1, 0.15) is 5.75 Å². The van der Waals surface area contributed by atoms with E-state index in [1.165, 1.54) is 0 Å². The van der Waals surface area contributed by atoms with Crippen molar-refractivity contribution in [1.29, 1.82) is 0 Å². The first-order valence-electron chi connectivity index (χ1n) is 5.60. The molecule has 0 saturated heterocycles. The van der Waals surface area contributed by atoms with Crippen LogP contribution >= 0.6 is 0 Å². The summed E-state index contributed by atoms with van der Waals surface area (Å²) >= 11 is 0. The Morgan fingerprint density at radius 3 is 2.75 bits per heavy atom. The van der Waals surface area contributed by atoms with Crippen molar-refractivity contribution in [3.05, 3.63) is 29.3 Å². The minimum atomic E-state index is 0.0508. The number of nitrogens with one attached hydrogen (secondary N) is 1. The van der Waals surface area contributed by atoms with Crippen LogP contribution in [0.4, 0.5) is 0 Å². The van der Waals surface area contributed by atoms with E-state index in [2.05, 4.69) is 11.2 Å². The summed E-state index contributed by atoms with van der Waals surface area (Å²) < 4.78 is 0. The lowest BCUT2D eigenvalue weighted by Crippen LogP contribution is -2.29. The fourth-order valence-corrected chi connectivity index (χ4v) is 1.70. The topological polar surface area (TPSA) is 32.3 Å². The number of aromatic hydroxyl groups is 1. The number of terminal acetylenes is 1. The Kier molecular flexibility index (Phi) is 4.39. The molecule has 0 spiro atoms. The van der Waals surface area contributed by atoms with Gasteiger partial charge in [-0.05, 0) is 26.3 Å². The monoisotopic (exact) mass is 217 g/mol. The van der Waals surface area contributed by atoms with Crippen molar-refractivity contribution in [3.63, 3.8) is 0 Å². The molecule has 0 radical (unpaired) electrons. The highest BCUT2D eigenvalue weighted by Gasteiger charge is 2.13. The van der Waals surface area contributed by atoms with Gasteiger partial charge in [0, 0.05) is 11.6 Å². The smallest absolute Gasteiger partial charge is 0.120 e. The van der Waals surface area contributed by atoms with Crippen LogP contribution in [0.3, 0.4) is 0 Å². The SMILES string of the molecule is C#CC(CC)NC(C)c1cc(C)ccc1O. The summed E-state index contributed by atoms with van der Waals surface area (Å²) in [5.74, 6) is 3.01. The van der Waals surface area contributed by atoms with Crippen LogP contribution in [0.2, 0.25) is 0 Å². The Morgan fingerprint density at radius 2 is 2.19 bits per heavy atom. The number of hydrogen-bond acceptors (Lipinski definition) is 2. The first-order chi connectivity index (χ1) is 7.58. The molecule has 2 atom stereocenters. The molecule has 86 valence electrons. The second-order valence-corrected chi connectivity index (χ2v) is 4.08. The standard InChI is InChI=1S/C14H19NO/c1-5-12(6-2)15-11(4)13-9-10(3)7-8-14(13)16/h1,7-9,11-12,15-16H,6H2,2-4H3. The molecule has 0 bridgehead atoms. The summed E-state index contributed by atoms with van der Waals surface area (Å²) in [6, 6.07) is 5.70. The van der Waals surface area contributed by atoms with Crippen LogP contribution < -0.4 is 5.32 Å². The van der Waals surface area contributed by atoms with Crippen molar-refractivity contribution in [2.75, 3.05) is 0 Å². The summed E-state index contributed by atoms with van der Waals surface area (Å²) in [6.45, 7) is 6.06. The van der Waals surface area contributed by atoms with Crippen molar-refractivity contribution < 1.29 is 5.11 Å². The number of aryl methyl sites for hydroxylation is 1. The van der Waals surface area contributed by atoms with Gasteiger partial charge in [0.25, 0.3) is 0 Å². The first-order valence-corrected chi connectivity index (χ1v) is 5.60. The molecule has 0 fully saturated rings. The molecule has 0 saturated carbocycles. The van der Waals surface area contributed by atoms with E-state index in [0.29, 0.717) is 5.75 Å². The van der Waals surface area contributed by atoms with E-state index in [4.69, 9.17) is 6.42 Å². The molecule has 0 heterocycles. The second kappa shape index (κ2) is 5.58. The summed E-state index contributed by atoms with van der Waals surface area (Å²) in [4.78, 5) is 0. The van der Waals surface area contributed by atoms with E-state index in [0.717, 1.165) is 17.5 Å². The van der Waals surface area contributed by atoms with Crippen LogP contribution in [0.15, 0.2) is 18.2 Å². The van der Waals surface area contributed by atoms with Gasteiger partial charge in [0.2, 0.25) is 0 Å². The predicted octanol–water partition coefficient (Wildman–Crippen LogP) is 2.76. The summed E-state index contributed by atoms with van der Waals surface area (Å²) in [7, 11) is 0. The zero-order chi connectivity index (χ0) is 12.1. The number of phenolic OH excluding ortho intramolecular Hbond substituents is 1. The molecule has 2 unspecified atom stereocenters. The van der Waals surface area contributed by atoms with E-state index in [9.17, 15) is 5.11 Å². The molecule has 2 heteroatoms. The van der Waals surface area contributed by atoms with Gasteiger partial charge in [0.15, 0.2) is 0 Å². The Balaban J connectivity index is 2.84. The molecule has 0 aliphatic carbocycles. The average molecular weight is 217 g/mol. The third-order valence-corrected chi connectivity index (χ3v) is 2.71. The molecule has 16 heavy (non-hydrogen) atoms. The molecular weight excluding hydrogens is 198 g/mol. The highest BCUT2D eigenvalue weighted by atomic mass is 16.3. The van der Waals surface area contributed by atoms with Gasteiger partial charge in [-0.1, -0.05) is 30.5 Å². The van der Waals surface area contributed by atoms with Crippen molar-refractivity contribution in [3.8, 4) is 18.1 Å². The van der Waals surface area contributed by atoms with Crippen molar-refractivity contribution in [1.82, 2.24) is 5.32 Å². The maximum absolute atomic E-state index is 9.77. The molecule has 0 amide bonds. The normalized spacial score (nSPS) is 14.1.